The van der Waals surface area contributed by atoms with E-state index >= 15 is 0 Å². The second kappa shape index (κ2) is 5.15. The predicted octanol–water partition coefficient (Wildman–Crippen LogP) is 4.72. The zero-order valence-electron chi connectivity index (χ0n) is 11.7. The third-order valence-corrected chi connectivity index (χ3v) is 5.44. The molecule has 2 bridgehead atoms. The molecule has 3 aliphatic carbocycles. The molecule has 0 heterocycles. The van der Waals surface area contributed by atoms with E-state index in [1.807, 2.05) is 12.1 Å². The van der Waals surface area contributed by atoms with Gasteiger partial charge in [0.25, 0.3) is 0 Å². The van der Waals surface area contributed by atoms with Crippen LogP contribution in [0.1, 0.15) is 31.7 Å². The molecular weight excluding hydrogens is 359 g/mol. The Kier molecular flexibility index (Phi) is 3.63. The van der Waals surface area contributed by atoms with Crippen molar-refractivity contribution in [3.05, 3.63) is 63.3 Å². The Morgan fingerprint density at radius 2 is 2.10 bits per heavy atom. The zero-order valence-corrected chi connectivity index (χ0v) is 13.9. The van der Waals surface area contributed by atoms with Gasteiger partial charge in [-0.1, -0.05) is 30.9 Å². The standard InChI is InChI=1S/C18H19IO/c1-3-14-9-13-10-18(20,11-13)16(14)8-12(2)15-6-4-5-7-17(15)19/h3-8,13,20H,2,9-11H2,1H3/b14-3-,16-8+. The second-order valence-electron chi connectivity index (χ2n) is 5.89. The molecule has 104 valence electrons. The summed E-state index contributed by atoms with van der Waals surface area (Å²) in [5.74, 6) is 0.675. The van der Waals surface area contributed by atoms with E-state index in [9.17, 15) is 5.11 Å². The average molecular weight is 378 g/mol. The molecule has 1 aromatic rings. The first-order valence-corrected chi connectivity index (χ1v) is 8.15. The first-order chi connectivity index (χ1) is 9.53. The Hall–Kier alpha value is -0.870. The van der Waals surface area contributed by atoms with Crippen molar-refractivity contribution in [2.24, 2.45) is 5.92 Å². The Labute approximate surface area is 134 Å². The normalized spacial score (nSPS) is 32.2. The Balaban J connectivity index is 1.98. The minimum absolute atomic E-state index is 0.603. The SMILES string of the molecule is C=C(/C=C1\C(=C/C)CC2CC1(O)C2)c1ccccc1I. The molecule has 2 heteroatoms. The van der Waals surface area contributed by atoms with Crippen molar-refractivity contribution in [2.45, 2.75) is 31.8 Å². The van der Waals surface area contributed by atoms with Crippen molar-refractivity contribution < 1.29 is 5.11 Å². The van der Waals surface area contributed by atoms with Crippen LogP contribution in [0.15, 0.2) is 54.1 Å². The minimum Gasteiger partial charge on any atom is -0.385 e. The van der Waals surface area contributed by atoms with Crippen molar-refractivity contribution in [3.63, 3.8) is 0 Å². The van der Waals surface area contributed by atoms with E-state index < -0.39 is 5.60 Å². The first-order valence-electron chi connectivity index (χ1n) is 7.07. The van der Waals surface area contributed by atoms with Gasteiger partial charge >= 0.3 is 0 Å². The first kappa shape index (κ1) is 14.1. The lowest BCUT2D eigenvalue weighted by Crippen LogP contribution is -2.50. The maximum atomic E-state index is 10.7. The topological polar surface area (TPSA) is 20.2 Å². The highest BCUT2D eigenvalue weighted by molar-refractivity contribution is 14.1. The minimum atomic E-state index is -0.603. The van der Waals surface area contributed by atoms with Gasteiger partial charge < -0.3 is 5.11 Å². The van der Waals surface area contributed by atoms with Gasteiger partial charge in [0.05, 0.1) is 5.60 Å². The van der Waals surface area contributed by atoms with Crippen LogP contribution in [0.3, 0.4) is 0 Å². The Morgan fingerprint density at radius 3 is 2.75 bits per heavy atom. The molecule has 0 amide bonds. The van der Waals surface area contributed by atoms with Gasteiger partial charge in [-0.3, -0.25) is 0 Å². The number of fused-ring (bicyclic) bond motifs is 2. The number of halogens is 1. The molecule has 0 radical (unpaired) electrons. The van der Waals surface area contributed by atoms with Crippen LogP contribution < -0.4 is 0 Å². The van der Waals surface area contributed by atoms with Gasteiger partial charge in [0.2, 0.25) is 0 Å². The average Bonchev–Trinajstić information content (AvgIpc) is 2.40. The summed E-state index contributed by atoms with van der Waals surface area (Å²) in [5, 5.41) is 10.7. The van der Waals surface area contributed by atoms with Crippen LogP contribution in [-0.4, -0.2) is 10.7 Å². The van der Waals surface area contributed by atoms with Crippen LogP contribution in [0.2, 0.25) is 0 Å². The smallest absolute Gasteiger partial charge is 0.0904 e. The molecule has 1 nitrogen and oxygen atoms in total. The molecule has 0 aromatic heterocycles. The van der Waals surface area contributed by atoms with Crippen molar-refractivity contribution in [1.29, 1.82) is 0 Å². The maximum Gasteiger partial charge on any atom is 0.0904 e. The van der Waals surface area contributed by atoms with E-state index in [0.29, 0.717) is 5.92 Å². The summed E-state index contributed by atoms with van der Waals surface area (Å²) in [5.41, 5.74) is 3.92. The molecule has 0 spiro atoms. The van der Waals surface area contributed by atoms with Gasteiger partial charge in [-0.15, -0.1) is 0 Å². The van der Waals surface area contributed by atoms with Crippen molar-refractivity contribution in [3.8, 4) is 0 Å². The van der Waals surface area contributed by atoms with Gasteiger partial charge in [0.15, 0.2) is 0 Å². The molecule has 0 unspecified atom stereocenters. The van der Waals surface area contributed by atoms with Crippen LogP contribution in [0.4, 0.5) is 0 Å². The van der Waals surface area contributed by atoms with Crippen LogP contribution in [0.5, 0.6) is 0 Å². The zero-order chi connectivity index (χ0) is 14.3. The second-order valence-corrected chi connectivity index (χ2v) is 7.05. The van der Waals surface area contributed by atoms with Gasteiger partial charge in [0.1, 0.15) is 0 Å². The number of aliphatic hydroxyl groups is 1. The summed E-state index contributed by atoms with van der Waals surface area (Å²) in [6.07, 6.45) is 7.17. The number of rotatable bonds is 2. The number of hydrogen-bond acceptors (Lipinski definition) is 1. The highest BCUT2D eigenvalue weighted by Gasteiger charge is 2.50. The monoisotopic (exact) mass is 378 g/mol. The van der Waals surface area contributed by atoms with Gasteiger partial charge in [-0.05, 0) is 89.1 Å². The molecule has 0 aliphatic heterocycles. The van der Waals surface area contributed by atoms with Crippen LogP contribution >= 0.6 is 22.6 Å². The van der Waals surface area contributed by atoms with E-state index in [4.69, 9.17) is 0 Å². The van der Waals surface area contributed by atoms with E-state index in [2.05, 4.69) is 60.4 Å². The molecule has 0 saturated heterocycles. The molecule has 3 fully saturated rings. The quantitative estimate of drug-likeness (QED) is 0.739. The van der Waals surface area contributed by atoms with Crippen LogP contribution in [-0.2, 0) is 0 Å². The number of hydrogen-bond donors (Lipinski definition) is 1. The number of allylic oxidation sites excluding steroid dienone is 3. The summed E-state index contributed by atoms with van der Waals surface area (Å²) < 4.78 is 1.20. The number of benzene rings is 1. The molecule has 20 heavy (non-hydrogen) atoms. The third-order valence-electron chi connectivity index (χ3n) is 4.50. The molecule has 0 atom stereocenters. The third kappa shape index (κ3) is 2.29. The molecule has 3 aliphatic rings. The Bertz CT molecular complexity index is 618. The Morgan fingerprint density at radius 1 is 1.40 bits per heavy atom. The summed E-state index contributed by atoms with van der Waals surface area (Å²) >= 11 is 2.34. The summed E-state index contributed by atoms with van der Waals surface area (Å²) in [6, 6.07) is 8.25. The van der Waals surface area contributed by atoms with E-state index in [1.54, 1.807) is 0 Å². The fourth-order valence-electron chi connectivity index (χ4n) is 3.45. The van der Waals surface area contributed by atoms with Crippen molar-refractivity contribution >= 4 is 28.2 Å². The van der Waals surface area contributed by atoms with Gasteiger partial charge in [-0.25, -0.2) is 0 Å². The van der Waals surface area contributed by atoms with E-state index in [1.165, 1.54) is 9.14 Å². The fourth-order valence-corrected chi connectivity index (χ4v) is 4.19. The van der Waals surface area contributed by atoms with Gasteiger partial charge in [-0.2, -0.15) is 0 Å². The molecule has 1 N–H and O–H groups in total. The summed E-state index contributed by atoms with van der Waals surface area (Å²) in [7, 11) is 0. The van der Waals surface area contributed by atoms with E-state index in [-0.39, 0.29) is 0 Å². The lowest BCUT2D eigenvalue weighted by Gasteiger charge is -2.51. The summed E-state index contributed by atoms with van der Waals surface area (Å²) in [4.78, 5) is 0. The fraction of sp³-hybridized carbons (Fsp3) is 0.333. The highest BCUT2D eigenvalue weighted by atomic mass is 127. The summed E-state index contributed by atoms with van der Waals surface area (Å²) in [6.45, 7) is 6.27. The molecule has 3 saturated carbocycles. The predicted molar refractivity (Wildman–Crippen MR) is 92.3 cm³/mol. The molecular formula is C18H19IO. The van der Waals surface area contributed by atoms with Crippen molar-refractivity contribution in [2.75, 3.05) is 0 Å². The van der Waals surface area contributed by atoms with Crippen molar-refractivity contribution in [1.82, 2.24) is 0 Å². The highest BCUT2D eigenvalue weighted by Crippen LogP contribution is 2.54. The van der Waals surface area contributed by atoms with Crippen LogP contribution in [0, 0.1) is 9.49 Å². The van der Waals surface area contributed by atoms with Gasteiger partial charge in [0, 0.05) is 3.57 Å². The lowest BCUT2D eigenvalue weighted by molar-refractivity contribution is -0.0527. The van der Waals surface area contributed by atoms with E-state index in [0.717, 1.165) is 36.0 Å². The lowest BCUT2D eigenvalue weighted by atomic mass is 9.57. The molecule has 4 rings (SSSR count). The largest absolute Gasteiger partial charge is 0.385 e. The molecule has 1 aromatic carbocycles. The van der Waals surface area contributed by atoms with Crippen LogP contribution in [0.25, 0.3) is 5.57 Å². The maximum absolute atomic E-state index is 10.7.